The van der Waals surface area contributed by atoms with Crippen LogP contribution in [-0.4, -0.2) is 15.5 Å². The molecule has 3 aromatic rings. The largest absolute Gasteiger partial charge is 0.491 e. The highest BCUT2D eigenvalue weighted by atomic mass is 32.2. The number of methoxy groups -OCH3 is 1. The van der Waals surface area contributed by atoms with Crippen molar-refractivity contribution in [1.82, 2.24) is 0 Å². The van der Waals surface area contributed by atoms with Crippen LogP contribution in [-0.2, 0) is 10.0 Å². The highest BCUT2D eigenvalue weighted by Gasteiger charge is 2.18. The van der Waals surface area contributed by atoms with Gasteiger partial charge in [0.1, 0.15) is 0 Å². The summed E-state index contributed by atoms with van der Waals surface area (Å²) in [5.41, 5.74) is 0.338. The minimum Gasteiger partial charge on any atom is -0.491 e. The van der Waals surface area contributed by atoms with E-state index in [0.29, 0.717) is 0 Å². The van der Waals surface area contributed by atoms with Gasteiger partial charge in [0, 0.05) is 0 Å². The average molecular weight is 411 g/mol. The molecule has 0 saturated carbocycles. The Balaban J connectivity index is 2.23. The molecule has 0 aliphatic rings. The Morgan fingerprint density at radius 2 is 1.21 bits per heavy atom. The molecular weight excluding hydrogens is 398 g/mol. The molecule has 146 valence electrons. The summed E-state index contributed by atoms with van der Waals surface area (Å²) in [6.45, 7) is 0. The summed E-state index contributed by atoms with van der Waals surface area (Å²) in [6.07, 6.45) is 0. The van der Waals surface area contributed by atoms with E-state index in [-0.39, 0.29) is 27.1 Å². The highest BCUT2D eigenvalue weighted by Crippen LogP contribution is 2.37. The number of benzene rings is 3. The number of halogens is 4. The first kappa shape index (κ1) is 19.8. The van der Waals surface area contributed by atoms with Crippen molar-refractivity contribution in [2.45, 2.75) is 4.90 Å². The second-order valence-corrected chi connectivity index (χ2v) is 7.42. The summed E-state index contributed by atoms with van der Waals surface area (Å²) < 4.78 is 83.2. The van der Waals surface area contributed by atoms with Crippen LogP contribution in [0.4, 0.5) is 17.6 Å². The summed E-state index contributed by atoms with van der Waals surface area (Å²) in [5.74, 6) is -5.03. The molecule has 0 amide bonds. The minimum atomic E-state index is -3.95. The van der Waals surface area contributed by atoms with Gasteiger partial charge in [-0.25, -0.2) is 31.1 Å². The zero-order valence-electron chi connectivity index (χ0n) is 14.3. The molecule has 0 spiro atoms. The summed E-state index contributed by atoms with van der Waals surface area (Å²) in [5, 5.41) is 5.04. The van der Waals surface area contributed by atoms with Gasteiger partial charge in [-0.15, -0.1) is 0 Å². The summed E-state index contributed by atoms with van der Waals surface area (Å²) in [6, 6.07) is 8.54. The third kappa shape index (κ3) is 3.71. The van der Waals surface area contributed by atoms with Gasteiger partial charge in [0.05, 0.1) is 12.0 Å². The van der Waals surface area contributed by atoms with E-state index >= 15 is 0 Å². The topological polar surface area (TPSA) is 69.4 Å². The van der Waals surface area contributed by atoms with E-state index in [0.717, 1.165) is 31.4 Å². The minimum absolute atomic E-state index is 0.00251. The molecule has 2 N–H and O–H groups in total. The smallest absolute Gasteiger partial charge is 0.238 e. The summed E-state index contributed by atoms with van der Waals surface area (Å²) in [7, 11) is -2.85. The standard InChI is InChI=1S/C19H13F4NO3S/c1-27-19-17(22)6-11(7-18(19)23)14-9-16(21)15(20)8-13(14)10-2-4-12(5-3-10)28(24,25)26/h2-9H,1H3,(H2,24,25,26). The maximum absolute atomic E-state index is 14.1. The van der Waals surface area contributed by atoms with Crippen LogP contribution >= 0.6 is 0 Å². The predicted molar refractivity (Wildman–Crippen MR) is 95.1 cm³/mol. The second-order valence-electron chi connectivity index (χ2n) is 5.85. The normalized spacial score (nSPS) is 11.5. The van der Waals surface area contributed by atoms with Gasteiger partial charge in [-0.1, -0.05) is 12.1 Å². The zero-order chi connectivity index (χ0) is 20.6. The SMILES string of the molecule is COc1c(F)cc(-c2cc(F)c(F)cc2-c2ccc(S(N)(=O)=O)cc2)cc1F. The lowest BCUT2D eigenvalue weighted by Crippen LogP contribution is -2.11. The van der Waals surface area contributed by atoms with E-state index in [4.69, 9.17) is 5.14 Å². The first-order valence-corrected chi connectivity index (χ1v) is 9.32. The fourth-order valence-corrected chi connectivity index (χ4v) is 3.27. The van der Waals surface area contributed by atoms with E-state index in [2.05, 4.69) is 4.74 Å². The molecule has 0 heterocycles. The van der Waals surface area contributed by atoms with Crippen molar-refractivity contribution in [3.8, 4) is 28.0 Å². The molecule has 0 aliphatic carbocycles. The van der Waals surface area contributed by atoms with Gasteiger partial charge in [-0.05, 0) is 58.7 Å². The van der Waals surface area contributed by atoms with Gasteiger partial charge in [0.15, 0.2) is 29.0 Å². The lowest BCUT2D eigenvalue weighted by atomic mass is 9.94. The average Bonchev–Trinajstić information content (AvgIpc) is 2.62. The van der Waals surface area contributed by atoms with Crippen LogP contribution in [0.25, 0.3) is 22.3 Å². The Hall–Kier alpha value is -2.91. The van der Waals surface area contributed by atoms with Gasteiger partial charge in [0.25, 0.3) is 0 Å². The molecule has 4 nitrogen and oxygen atoms in total. The Kier molecular flexibility index (Phi) is 5.14. The molecule has 0 saturated heterocycles. The molecule has 0 fully saturated rings. The van der Waals surface area contributed by atoms with Gasteiger partial charge >= 0.3 is 0 Å². The van der Waals surface area contributed by atoms with Crippen LogP contribution in [0, 0.1) is 23.3 Å². The maximum atomic E-state index is 14.1. The highest BCUT2D eigenvalue weighted by molar-refractivity contribution is 7.89. The lowest BCUT2D eigenvalue weighted by molar-refractivity contribution is 0.360. The third-order valence-corrected chi connectivity index (χ3v) is 5.00. The molecule has 0 radical (unpaired) electrons. The second kappa shape index (κ2) is 7.25. The third-order valence-electron chi connectivity index (χ3n) is 4.07. The lowest BCUT2D eigenvalue weighted by Gasteiger charge is -2.13. The van der Waals surface area contributed by atoms with Crippen molar-refractivity contribution >= 4 is 10.0 Å². The molecule has 0 aromatic heterocycles. The van der Waals surface area contributed by atoms with Crippen molar-refractivity contribution in [2.24, 2.45) is 5.14 Å². The number of primary sulfonamides is 1. The van der Waals surface area contributed by atoms with Crippen LogP contribution in [0.3, 0.4) is 0 Å². The van der Waals surface area contributed by atoms with Crippen LogP contribution in [0.2, 0.25) is 0 Å². The first-order valence-electron chi connectivity index (χ1n) is 7.77. The molecular formula is C19H13F4NO3S. The van der Waals surface area contributed by atoms with Crippen molar-refractivity contribution in [3.63, 3.8) is 0 Å². The van der Waals surface area contributed by atoms with Crippen LogP contribution in [0.1, 0.15) is 0 Å². The Morgan fingerprint density at radius 3 is 1.64 bits per heavy atom. The molecule has 0 atom stereocenters. The van der Waals surface area contributed by atoms with E-state index in [9.17, 15) is 26.0 Å². The number of hydrogen-bond acceptors (Lipinski definition) is 3. The van der Waals surface area contributed by atoms with Gasteiger partial charge in [0.2, 0.25) is 10.0 Å². The fourth-order valence-electron chi connectivity index (χ4n) is 2.76. The molecule has 3 aromatic carbocycles. The van der Waals surface area contributed by atoms with Crippen molar-refractivity contribution < 1.29 is 30.7 Å². The predicted octanol–water partition coefficient (Wildman–Crippen LogP) is 4.23. The summed E-state index contributed by atoms with van der Waals surface area (Å²) >= 11 is 0. The number of nitrogens with two attached hydrogens (primary N) is 1. The summed E-state index contributed by atoms with van der Waals surface area (Å²) in [4.78, 5) is -0.179. The van der Waals surface area contributed by atoms with Crippen LogP contribution in [0.5, 0.6) is 5.75 Å². The Bertz CT molecular complexity index is 1140. The molecule has 0 aliphatic heterocycles. The Morgan fingerprint density at radius 1 is 0.750 bits per heavy atom. The number of ether oxygens (including phenoxy) is 1. The fraction of sp³-hybridized carbons (Fsp3) is 0.0526. The van der Waals surface area contributed by atoms with E-state index in [1.165, 1.54) is 24.3 Å². The molecule has 0 bridgehead atoms. The monoisotopic (exact) mass is 411 g/mol. The van der Waals surface area contributed by atoms with Crippen molar-refractivity contribution in [2.75, 3.05) is 7.11 Å². The Labute approximate surface area is 158 Å². The molecule has 3 rings (SSSR count). The van der Waals surface area contributed by atoms with Gasteiger partial charge < -0.3 is 4.74 Å². The molecule has 28 heavy (non-hydrogen) atoms. The van der Waals surface area contributed by atoms with Crippen molar-refractivity contribution in [1.29, 1.82) is 0 Å². The number of hydrogen-bond donors (Lipinski definition) is 1. The zero-order valence-corrected chi connectivity index (χ0v) is 15.2. The molecule has 0 unspecified atom stereocenters. The first-order chi connectivity index (χ1) is 13.1. The van der Waals surface area contributed by atoms with E-state index in [1.807, 2.05) is 0 Å². The van der Waals surface area contributed by atoms with E-state index < -0.39 is 39.0 Å². The van der Waals surface area contributed by atoms with Crippen molar-refractivity contribution in [3.05, 3.63) is 71.8 Å². The van der Waals surface area contributed by atoms with Crippen LogP contribution < -0.4 is 9.88 Å². The maximum Gasteiger partial charge on any atom is 0.238 e. The van der Waals surface area contributed by atoms with Gasteiger partial charge in [-0.2, -0.15) is 0 Å². The van der Waals surface area contributed by atoms with E-state index in [1.54, 1.807) is 0 Å². The van der Waals surface area contributed by atoms with Crippen LogP contribution in [0.15, 0.2) is 53.4 Å². The van der Waals surface area contributed by atoms with Gasteiger partial charge in [-0.3, -0.25) is 0 Å². The molecule has 9 heteroatoms. The number of rotatable bonds is 4. The quantitative estimate of drug-likeness (QED) is 0.653. The number of sulfonamides is 1.